The van der Waals surface area contributed by atoms with Gasteiger partial charge < -0.3 is 15.1 Å². The van der Waals surface area contributed by atoms with E-state index in [1.807, 2.05) is 12.1 Å². The van der Waals surface area contributed by atoms with Crippen molar-refractivity contribution in [2.24, 2.45) is 0 Å². The lowest BCUT2D eigenvalue weighted by atomic mass is 9.62. The average Bonchev–Trinajstić information content (AvgIpc) is 3.13. The SMILES string of the molecule is C=C(N1CC(F)C1)C1(c2ccc(CCCN3CCC4(CC3)C(=C)Nc3ccc(C#N)cc34)cc2)CCC1. The number of aryl methyl sites for hydroxylation is 1. The maximum Gasteiger partial charge on any atom is 0.135 e. The Hall–Kier alpha value is -3.10. The third-order valence-electron chi connectivity index (χ3n) is 9.66. The van der Waals surface area contributed by atoms with Crippen LogP contribution in [-0.2, 0) is 17.3 Å². The van der Waals surface area contributed by atoms with Gasteiger partial charge in [-0.25, -0.2) is 4.39 Å². The summed E-state index contributed by atoms with van der Waals surface area (Å²) in [7, 11) is 0. The number of piperidine rings is 1. The van der Waals surface area contributed by atoms with Gasteiger partial charge in [0.25, 0.3) is 0 Å². The first kappa shape index (κ1) is 24.2. The lowest BCUT2D eigenvalue weighted by Crippen LogP contribution is -2.53. The predicted molar refractivity (Wildman–Crippen MR) is 147 cm³/mol. The van der Waals surface area contributed by atoms with Gasteiger partial charge in [0.15, 0.2) is 0 Å². The van der Waals surface area contributed by atoms with Gasteiger partial charge in [-0.15, -0.1) is 0 Å². The van der Waals surface area contributed by atoms with E-state index in [1.54, 1.807) is 0 Å². The van der Waals surface area contributed by atoms with Crippen LogP contribution < -0.4 is 5.32 Å². The minimum atomic E-state index is -0.692. The van der Waals surface area contributed by atoms with Crippen molar-refractivity contribution < 1.29 is 4.39 Å². The number of nitriles is 1. The second-order valence-corrected chi connectivity index (χ2v) is 11.6. The van der Waals surface area contributed by atoms with Gasteiger partial charge in [0.05, 0.1) is 24.7 Å². The van der Waals surface area contributed by atoms with Crippen molar-refractivity contribution in [2.75, 3.05) is 38.0 Å². The van der Waals surface area contributed by atoms with Gasteiger partial charge in [-0.2, -0.15) is 5.26 Å². The fourth-order valence-electron chi connectivity index (χ4n) is 7.01. The van der Waals surface area contributed by atoms with E-state index in [0.29, 0.717) is 13.1 Å². The van der Waals surface area contributed by atoms with Gasteiger partial charge in [0.1, 0.15) is 6.17 Å². The first-order chi connectivity index (χ1) is 17.9. The summed E-state index contributed by atoms with van der Waals surface area (Å²) in [5.74, 6) is 0. The van der Waals surface area contributed by atoms with Gasteiger partial charge in [-0.05, 0) is 93.0 Å². The molecule has 192 valence electrons. The van der Waals surface area contributed by atoms with E-state index in [2.05, 4.69) is 64.7 Å². The first-order valence-electron chi connectivity index (χ1n) is 13.8. The summed E-state index contributed by atoms with van der Waals surface area (Å²) in [4.78, 5) is 4.72. The Kier molecular flexibility index (Phi) is 6.12. The molecular weight excluding hydrogens is 459 g/mol. The van der Waals surface area contributed by atoms with Crippen LogP contribution >= 0.6 is 0 Å². The highest BCUT2D eigenvalue weighted by molar-refractivity contribution is 5.69. The molecule has 1 aliphatic carbocycles. The standard InChI is InChI=1S/C32H37FN4/c1-23-31(29-19-26(20-34)8-11-30(29)35-23)14-17-36(18-15-31)16-3-5-25-6-9-27(10-7-25)32(12-4-13-32)24(2)37-21-28(33)22-37/h6-11,19,28,35H,1-5,12-18,21-22H2. The number of halogens is 1. The summed E-state index contributed by atoms with van der Waals surface area (Å²) in [6.07, 6.45) is 7.09. The van der Waals surface area contributed by atoms with Crippen molar-refractivity contribution in [1.82, 2.24) is 9.80 Å². The highest BCUT2D eigenvalue weighted by Crippen LogP contribution is 2.51. The maximum atomic E-state index is 13.4. The van der Waals surface area contributed by atoms with Gasteiger partial charge in [0.2, 0.25) is 0 Å². The van der Waals surface area contributed by atoms with Gasteiger partial charge in [-0.3, -0.25) is 0 Å². The minimum absolute atomic E-state index is 0.0220. The number of anilines is 1. The summed E-state index contributed by atoms with van der Waals surface area (Å²) >= 11 is 0. The number of allylic oxidation sites excluding steroid dienone is 2. The largest absolute Gasteiger partial charge is 0.369 e. The number of nitrogens with one attached hydrogen (secondary N) is 1. The van der Waals surface area contributed by atoms with Crippen LogP contribution in [0.5, 0.6) is 0 Å². The number of benzene rings is 2. The molecule has 3 aliphatic heterocycles. The molecule has 0 radical (unpaired) electrons. The van der Waals surface area contributed by atoms with E-state index in [4.69, 9.17) is 0 Å². The molecule has 2 saturated heterocycles. The fourth-order valence-corrected chi connectivity index (χ4v) is 7.01. The Morgan fingerprint density at radius 1 is 1.08 bits per heavy atom. The number of rotatable bonds is 7. The highest BCUT2D eigenvalue weighted by Gasteiger charge is 2.46. The van der Waals surface area contributed by atoms with Crippen molar-refractivity contribution in [1.29, 1.82) is 5.26 Å². The first-order valence-corrected chi connectivity index (χ1v) is 13.8. The molecule has 3 heterocycles. The average molecular weight is 497 g/mol. The Bertz CT molecular complexity index is 1240. The van der Waals surface area contributed by atoms with Crippen LogP contribution in [0.25, 0.3) is 0 Å². The van der Waals surface area contributed by atoms with Crippen molar-refractivity contribution in [3.8, 4) is 6.07 Å². The van der Waals surface area contributed by atoms with Crippen LogP contribution in [0.4, 0.5) is 10.1 Å². The summed E-state index contributed by atoms with van der Waals surface area (Å²) in [5, 5.41) is 12.9. The fraction of sp³-hybridized carbons (Fsp3) is 0.469. The van der Waals surface area contributed by atoms with E-state index in [1.165, 1.54) is 23.1 Å². The van der Waals surface area contributed by atoms with Crippen LogP contribution in [0.2, 0.25) is 0 Å². The molecule has 0 bridgehead atoms. The summed E-state index contributed by atoms with van der Waals surface area (Å²) in [6, 6.07) is 17.4. The third-order valence-corrected chi connectivity index (χ3v) is 9.66. The van der Waals surface area contributed by atoms with Crippen LogP contribution in [-0.4, -0.2) is 48.7 Å². The zero-order valence-corrected chi connectivity index (χ0v) is 21.7. The lowest BCUT2D eigenvalue weighted by Gasteiger charge is -2.51. The Morgan fingerprint density at radius 3 is 2.43 bits per heavy atom. The molecule has 37 heavy (non-hydrogen) atoms. The van der Waals surface area contributed by atoms with Crippen LogP contribution in [0.1, 0.15) is 60.8 Å². The number of hydrogen-bond donors (Lipinski definition) is 1. The molecule has 3 fully saturated rings. The quantitative estimate of drug-likeness (QED) is 0.507. The van der Waals surface area contributed by atoms with Crippen molar-refractivity contribution in [2.45, 2.75) is 61.9 Å². The molecule has 0 aromatic heterocycles. The molecule has 1 N–H and O–H groups in total. The van der Waals surface area contributed by atoms with E-state index in [0.717, 1.165) is 80.8 Å². The Balaban J connectivity index is 1.02. The van der Waals surface area contributed by atoms with E-state index in [9.17, 15) is 9.65 Å². The van der Waals surface area contributed by atoms with Gasteiger partial charge >= 0.3 is 0 Å². The molecule has 4 nitrogen and oxygen atoms in total. The zero-order chi connectivity index (χ0) is 25.6. The molecule has 5 heteroatoms. The topological polar surface area (TPSA) is 42.3 Å². The minimum Gasteiger partial charge on any atom is -0.369 e. The number of likely N-dealkylation sites (tertiary alicyclic amines) is 2. The lowest BCUT2D eigenvalue weighted by molar-refractivity contribution is 0.0688. The Labute approximate surface area is 220 Å². The molecule has 4 aliphatic rings. The summed E-state index contributed by atoms with van der Waals surface area (Å²) in [6.45, 7) is 13.0. The molecule has 2 aromatic carbocycles. The highest BCUT2D eigenvalue weighted by atomic mass is 19.1. The van der Waals surface area contributed by atoms with E-state index >= 15 is 0 Å². The molecule has 1 spiro atoms. The maximum absolute atomic E-state index is 13.4. The predicted octanol–water partition coefficient (Wildman–Crippen LogP) is 6.05. The molecule has 2 aromatic rings. The molecule has 0 unspecified atom stereocenters. The second-order valence-electron chi connectivity index (χ2n) is 11.6. The number of nitrogens with zero attached hydrogens (tertiary/aromatic N) is 3. The third kappa shape index (κ3) is 4.07. The van der Waals surface area contributed by atoms with E-state index < -0.39 is 6.17 Å². The number of fused-ring (bicyclic) bond motifs is 2. The molecule has 0 amide bonds. The van der Waals surface area contributed by atoms with Crippen molar-refractivity contribution in [3.63, 3.8) is 0 Å². The molecule has 0 atom stereocenters. The smallest absolute Gasteiger partial charge is 0.135 e. The monoisotopic (exact) mass is 496 g/mol. The number of hydrogen-bond acceptors (Lipinski definition) is 4. The Morgan fingerprint density at radius 2 is 1.81 bits per heavy atom. The second kappa shape index (κ2) is 9.33. The van der Waals surface area contributed by atoms with Crippen molar-refractivity contribution >= 4 is 5.69 Å². The molecular formula is C32H37FN4. The molecule has 1 saturated carbocycles. The van der Waals surface area contributed by atoms with Crippen LogP contribution in [0.3, 0.4) is 0 Å². The number of alkyl halides is 1. The normalized spacial score (nSPS) is 22.1. The van der Waals surface area contributed by atoms with Crippen LogP contribution in [0.15, 0.2) is 67.0 Å². The van der Waals surface area contributed by atoms with Gasteiger partial charge in [0, 0.05) is 27.9 Å². The molecule has 6 rings (SSSR count). The van der Waals surface area contributed by atoms with Crippen molar-refractivity contribution in [3.05, 3.63) is 89.3 Å². The van der Waals surface area contributed by atoms with Crippen LogP contribution in [0, 0.1) is 11.3 Å². The van der Waals surface area contributed by atoms with E-state index in [-0.39, 0.29) is 10.8 Å². The zero-order valence-electron chi connectivity index (χ0n) is 21.7. The summed E-state index contributed by atoms with van der Waals surface area (Å²) in [5.41, 5.74) is 8.01. The summed E-state index contributed by atoms with van der Waals surface area (Å²) < 4.78 is 13.4. The van der Waals surface area contributed by atoms with Gasteiger partial charge in [-0.1, -0.05) is 43.8 Å².